The highest BCUT2D eigenvalue weighted by Crippen LogP contribution is 2.24. The van der Waals surface area contributed by atoms with Crippen molar-refractivity contribution in [3.05, 3.63) is 77.9 Å². The number of esters is 1. The van der Waals surface area contributed by atoms with Crippen LogP contribution in [0.5, 0.6) is 0 Å². The fraction of sp³-hybridized carbons (Fsp3) is 0.238. The van der Waals surface area contributed by atoms with Crippen molar-refractivity contribution in [2.24, 2.45) is 0 Å². The van der Waals surface area contributed by atoms with Gasteiger partial charge in [-0.2, -0.15) is 5.26 Å². The van der Waals surface area contributed by atoms with E-state index in [0.29, 0.717) is 16.7 Å². The number of aliphatic hydroxyl groups is 1. The molecule has 0 aliphatic carbocycles. The van der Waals surface area contributed by atoms with Crippen LogP contribution in [0.15, 0.2) is 66.7 Å². The molecule has 0 aromatic heterocycles. The number of hydrogen-bond donors (Lipinski definition) is 3. The second kappa shape index (κ2) is 10.1. The zero-order valence-corrected chi connectivity index (χ0v) is 15.2. The zero-order valence-electron chi connectivity index (χ0n) is 15.2. The number of benzene rings is 2. The molecule has 0 radical (unpaired) electrons. The summed E-state index contributed by atoms with van der Waals surface area (Å²) >= 11 is 0. The van der Waals surface area contributed by atoms with Gasteiger partial charge in [0.25, 0.3) is 0 Å². The van der Waals surface area contributed by atoms with E-state index in [0.717, 1.165) is 5.69 Å². The smallest absolute Gasteiger partial charge is 0.325 e. The van der Waals surface area contributed by atoms with Gasteiger partial charge in [-0.15, -0.1) is 0 Å². The summed E-state index contributed by atoms with van der Waals surface area (Å²) in [7, 11) is 0. The van der Waals surface area contributed by atoms with E-state index >= 15 is 0 Å². The Hall–Kier alpha value is -3.14. The topological polar surface area (TPSA) is 94.4 Å². The number of aliphatic hydroxyl groups excluding tert-OH is 1. The van der Waals surface area contributed by atoms with E-state index in [4.69, 9.17) is 10.00 Å². The standard InChI is InChI=1S/C21H23N3O3/c1-3-27-21(26)19(24-23-18-7-5-4-6-8-18)13-15(2)20(25)17-11-9-16(14-22)10-12-17/h4-12,19-20,23-25H,2-3,13H2,1H3. The van der Waals surface area contributed by atoms with Gasteiger partial charge < -0.3 is 15.3 Å². The van der Waals surface area contributed by atoms with Crippen molar-refractivity contribution in [1.29, 1.82) is 5.26 Å². The van der Waals surface area contributed by atoms with Crippen LogP contribution >= 0.6 is 0 Å². The first kappa shape index (κ1) is 20.2. The molecule has 27 heavy (non-hydrogen) atoms. The first-order valence-electron chi connectivity index (χ1n) is 8.64. The lowest BCUT2D eigenvalue weighted by Crippen LogP contribution is -2.42. The molecule has 0 spiro atoms. The average Bonchev–Trinajstić information content (AvgIpc) is 2.71. The number of hydrogen-bond acceptors (Lipinski definition) is 6. The molecule has 0 fully saturated rings. The number of para-hydroxylation sites is 1. The number of nitrogens with one attached hydrogen (secondary N) is 2. The predicted molar refractivity (Wildman–Crippen MR) is 103 cm³/mol. The van der Waals surface area contributed by atoms with Crippen LogP contribution in [0.4, 0.5) is 5.69 Å². The second-order valence-corrected chi connectivity index (χ2v) is 5.94. The van der Waals surface area contributed by atoms with Gasteiger partial charge >= 0.3 is 5.97 Å². The Bertz CT molecular complexity index is 798. The first-order valence-corrected chi connectivity index (χ1v) is 8.64. The summed E-state index contributed by atoms with van der Waals surface area (Å²) in [6, 6.07) is 17.3. The highest BCUT2D eigenvalue weighted by Gasteiger charge is 2.23. The third-order valence-electron chi connectivity index (χ3n) is 3.94. The highest BCUT2D eigenvalue weighted by atomic mass is 16.5. The minimum absolute atomic E-state index is 0.180. The molecule has 2 aromatic rings. The molecular weight excluding hydrogens is 342 g/mol. The highest BCUT2D eigenvalue weighted by molar-refractivity contribution is 5.76. The Balaban J connectivity index is 2.04. The Morgan fingerprint density at radius 2 is 1.89 bits per heavy atom. The van der Waals surface area contributed by atoms with Crippen LogP contribution in [0.25, 0.3) is 0 Å². The number of carbonyl (C=O) groups is 1. The molecule has 140 valence electrons. The maximum absolute atomic E-state index is 12.3. The van der Waals surface area contributed by atoms with Gasteiger partial charge in [0, 0.05) is 5.69 Å². The number of nitrogens with zero attached hydrogens (tertiary/aromatic N) is 1. The first-order chi connectivity index (χ1) is 13.0. The third-order valence-corrected chi connectivity index (χ3v) is 3.94. The quantitative estimate of drug-likeness (QED) is 0.359. The van der Waals surface area contributed by atoms with Crippen LogP contribution in [0.3, 0.4) is 0 Å². The van der Waals surface area contributed by atoms with E-state index in [-0.39, 0.29) is 13.0 Å². The lowest BCUT2D eigenvalue weighted by atomic mass is 9.96. The Labute approximate surface area is 159 Å². The molecule has 0 saturated carbocycles. The molecule has 0 bridgehead atoms. The fourth-order valence-corrected chi connectivity index (χ4v) is 2.48. The second-order valence-electron chi connectivity index (χ2n) is 5.94. The summed E-state index contributed by atoms with van der Waals surface area (Å²) in [6.45, 7) is 5.91. The van der Waals surface area contributed by atoms with E-state index in [1.165, 1.54) is 0 Å². The van der Waals surface area contributed by atoms with Crippen molar-refractivity contribution in [1.82, 2.24) is 5.43 Å². The molecule has 3 N–H and O–H groups in total. The third kappa shape index (κ3) is 5.96. The molecule has 6 heteroatoms. The van der Waals surface area contributed by atoms with Gasteiger partial charge in [0.15, 0.2) is 0 Å². The normalized spacial score (nSPS) is 12.5. The summed E-state index contributed by atoms with van der Waals surface area (Å²) in [5.41, 5.74) is 8.28. The largest absolute Gasteiger partial charge is 0.465 e. The number of rotatable bonds is 9. The van der Waals surface area contributed by atoms with Crippen molar-refractivity contribution in [2.75, 3.05) is 12.0 Å². The molecule has 0 aliphatic rings. The lowest BCUT2D eigenvalue weighted by Gasteiger charge is -2.22. The Kier molecular flexibility index (Phi) is 7.56. The van der Waals surface area contributed by atoms with E-state index in [2.05, 4.69) is 17.4 Å². The van der Waals surface area contributed by atoms with Crippen LogP contribution in [-0.2, 0) is 9.53 Å². The van der Waals surface area contributed by atoms with Crippen LogP contribution < -0.4 is 10.9 Å². The number of hydrazine groups is 1. The van der Waals surface area contributed by atoms with E-state index < -0.39 is 18.1 Å². The summed E-state index contributed by atoms with van der Waals surface area (Å²) in [5.74, 6) is -0.436. The van der Waals surface area contributed by atoms with Crippen molar-refractivity contribution in [3.8, 4) is 6.07 Å². The van der Waals surface area contributed by atoms with Crippen molar-refractivity contribution < 1.29 is 14.6 Å². The van der Waals surface area contributed by atoms with Gasteiger partial charge in [-0.1, -0.05) is 36.9 Å². The van der Waals surface area contributed by atoms with Gasteiger partial charge in [0.05, 0.1) is 24.3 Å². The Morgan fingerprint density at radius 3 is 2.48 bits per heavy atom. The molecule has 0 heterocycles. The molecule has 2 rings (SSSR count). The lowest BCUT2D eigenvalue weighted by molar-refractivity contribution is -0.145. The van der Waals surface area contributed by atoms with Crippen molar-refractivity contribution in [3.63, 3.8) is 0 Å². The number of ether oxygens (including phenoxy) is 1. The van der Waals surface area contributed by atoms with E-state index in [9.17, 15) is 9.90 Å². The number of anilines is 1. The fourth-order valence-electron chi connectivity index (χ4n) is 2.48. The molecular formula is C21H23N3O3. The van der Waals surface area contributed by atoms with Crippen LogP contribution in [0.2, 0.25) is 0 Å². The molecule has 0 aliphatic heterocycles. The summed E-state index contributed by atoms with van der Waals surface area (Å²) in [4.78, 5) is 12.3. The minimum atomic E-state index is -0.951. The van der Waals surface area contributed by atoms with E-state index in [1.54, 1.807) is 31.2 Å². The van der Waals surface area contributed by atoms with Gasteiger partial charge in [-0.3, -0.25) is 4.79 Å². The summed E-state index contributed by atoms with van der Waals surface area (Å²) in [5, 5.41) is 19.4. The molecule has 2 atom stereocenters. The van der Waals surface area contributed by atoms with Gasteiger partial charge in [0.2, 0.25) is 0 Å². The Morgan fingerprint density at radius 1 is 1.22 bits per heavy atom. The maximum Gasteiger partial charge on any atom is 0.325 e. The van der Waals surface area contributed by atoms with Crippen molar-refractivity contribution in [2.45, 2.75) is 25.5 Å². The van der Waals surface area contributed by atoms with Crippen LogP contribution in [0, 0.1) is 11.3 Å². The predicted octanol–water partition coefficient (Wildman–Crippen LogP) is 3.09. The number of carbonyl (C=O) groups excluding carboxylic acids is 1. The molecule has 0 saturated heterocycles. The molecule has 6 nitrogen and oxygen atoms in total. The zero-order chi connectivity index (χ0) is 19.6. The van der Waals surface area contributed by atoms with Crippen molar-refractivity contribution >= 4 is 11.7 Å². The van der Waals surface area contributed by atoms with E-state index in [1.807, 2.05) is 36.4 Å². The SMILES string of the molecule is C=C(CC(NNc1ccccc1)C(=O)OCC)C(O)c1ccc(C#N)cc1. The van der Waals surface area contributed by atoms with Crippen LogP contribution in [-0.4, -0.2) is 23.7 Å². The minimum Gasteiger partial charge on any atom is -0.465 e. The monoisotopic (exact) mass is 365 g/mol. The average molecular weight is 365 g/mol. The molecule has 0 amide bonds. The number of nitriles is 1. The van der Waals surface area contributed by atoms with Crippen LogP contribution in [0.1, 0.15) is 30.6 Å². The van der Waals surface area contributed by atoms with Gasteiger partial charge in [-0.25, -0.2) is 5.43 Å². The summed E-state index contributed by atoms with van der Waals surface area (Å²) in [6.07, 6.45) is -0.770. The van der Waals surface area contributed by atoms with Gasteiger partial charge in [-0.05, 0) is 48.7 Å². The maximum atomic E-state index is 12.3. The summed E-state index contributed by atoms with van der Waals surface area (Å²) < 4.78 is 5.11. The molecule has 2 unspecified atom stereocenters. The molecule has 2 aromatic carbocycles. The van der Waals surface area contributed by atoms with Gasteiger partial charge in [0.1, 0.15) is 6.04 Å².